The molecule has 3 heterocycles. The first kappa shape index (κ1) is 19.2. The molecule has 5 amide bonds. The van der Waals surface area contributed by atoms with E-state index in [1.54, 1.807) is 4.90 Å². The molecule has 0 aromatic heterocycles. The highest BCUT2D eigenvalue weighted by Crippen LogP contribution is 2.33. The predicted molar refractivity (Wildman–Crippen MR) is 100 cm³/mol. The molecular weight excluding hydrogens is 362 g/mol. The summed E-state index contributed by atoms with van der Waals surface area (Å²) in [7, 11) is 0. The molecule has 0 bridgehead atoms. The van der Waals surface area contributed by atoms with E-state index in [0.717, 1.165) is 43.5 Å². The third kappa shape index (κ3) is 3.47. The number of hydrogen-bond acceptors (Lipinski definition) is 5. The van der Waals surface area contributed by atoms with Gasteiger partial charge in [-0.2, -0.15) is 0 Å². The van der Waals surface area contributed by atoms with Crippen LogP contribution in [0.2, 0.25) is 0 Å². The van der Waals surface area contributed by atoms with E-state index in [-0.39, 0.29) is 30.3 Å². The third-order valence-electron chi connectivity index (χ3n) is 6.56. The Labute approximate surface area is 164 Å². The van der Waals surface area contributed by atoms with Crippen LogP contribution in [0.15, 0.2) is 0 Å². The monoisotopic (exact) mass is 391 g/mol. The lowest BCUT2D eigenvalue weighted by Gasteiger charge is -2.41. The molecule has 4 aliphatic rings. The number of likely N-dealkylation sites (tertiary alicyclic amines) is 1. The lowest BCUT2D eigenvalue weighted by molar-refractivity contribution is -0.143. The quantitative estimate of drug-likeness (QED) is 0.641. The van der Waals surface area contributed by atoms with Crippen LogP contribution in [0.3, 0.4) is 0 Å². The lowest BCUT2D eigenvalue weighted by Crippen LogP contribution is -2.58. The van der Waals surface area contributed by atoms with Crippen LogP contribution in [-0.4, -0.2) is 89.3 Å². The molecule has 154 valence electrons. The highest BCUT2D eigenvalue weighted by atomic mass is 16.2. The van der Waals surface area contributed by atoms with Crippen molar-refractivity contribution < 1.29 is 19.2 Å². The molecule has 9 nitrogen and oxygen atoms in total. The molecular formula is C19H29N5O4. The molecule has 3 saturated heterocycles. The average molecular weight is 391 g/mol. The summed E-state index contributed by atoms with van der Waals surface area (Å²) >= 11 is 0. The number of amides is 5. The maximum Gasteiger partial charge on any atom is 0.325 e. The second-order valence-electron chi connectivity index (χ2n) is 8.36. The highest BCUT2D eigenvalue weighted by Gasteiger charge is 2.51. The molecule has 3 aliphatic heterocycles. The highest BCUT2D eigenvalue weighted by molar-refractivity contribution is 6.09. The van der Waals surface area contributed by atoms with Crippen molar-refractivity contribution in [3.63, 3.8) is 0 Å². The van der Waals surface area contributed by atoms with E-state index in [1.807, 2.05) is 4.90 Å². The zero-order valence-electron chi connectivity index (χ0n) is 16.2. The van der Waals surface area contributed by atoms with E-state index in [9.17, 15) is 19.2 Å². The molecule has 0 aromatic carbocycles. The number of urea groups is 1. The molecule has 4 rings (SSSR count). The lowest BCUT2D eigenvalue weighted by atomic mass is 9.82. The largest absolute Gasteiger partial charge is 0.339 e. The molecule has 28 heavy (non-hydrogen) atoms. The van der Waals surface area contributed by atoms with Crippen LogP contribution in [0, 0.1) is 0 Å². The third-order valence-corrected chi connectivity index (χ3v) is 6.56. The average Bonchev–Trinajstić information content (AvgIpc) is 2.93. The zero-order chi connectivity index (χ0) is 19.7. The molecule has 0 radical (unpaired) electrons. The summed E-state index contributed by atoms with van der Waals surface area (Å²) in [5.41, 5.74) is -0.798. The Hall–Kier alpha value is -2.16. The number of nitrogens with zero attached hydrogens (tertiary/aromatic N) is 3. The van der Waals surface area contributed by atoms with E-state index in [2.05, 4.69) is 10.6 Å². The maximum absolute atomic E-state index is 12.9. The van der Waals surface area contributed by atoms with Crippen molar-refractivity contribution in [2.24, 2.45) is 0 Å². The molecule has 9 heteroatoms. The first-order valence-electron chi connectivity index (χ1n) is 10.4. The first-order valence-corrected chi connectivity index (χ1v) is 10.4. The van der Waals surface area contributed by atoms with Crippen molar-refractivity contribution in [2.75, 3.05) is 39.3 Å². The molecule has 4 fully saturated rings. The van der Waals surface area contributed by atoms with Gasteiger partial charge in [0.2, 0.25) is 11.8 Å². The number of carbonyl (C=O) groups excluding carboxylic acids is 4. The van der Waals surface area contributed by atoms with Gasteiger partial charge in [-0.25, -0.2) is 4.79 Å². The smallest absolute Gasteiger partial charge is 0.325 e. The molecule has 2 N–H and O–H groups in total. The van der Waals surface area contributed by atoms with Gasteiger partial charge in [0.1, 0.15) is 12.1 Å². The molecule has 1 spiro atoms. The van der Waals surface area contributed by atoms with Crippen LogP contribution in [-0.2, 0) is 14.4 Å². The van der Waals surface area contributed by atoms with E-state index in [1.165, 1.54) is 0 Å². The second kappa shape index (κ2) is 7.69. The number of piperazine rings is 1. The van der Waals surface area contributed by atoms with Gasteiger partial charge in [0.25, 0.3) is 5.91 Å². The van der Waals surface area contributed by atoms with Crippen molar-refractivity contribution in [3.05, 3.63) is 0 Å². The molecule has 1 saturated carbocycles. The van der Waals surface area contributed by atoms with Gasteiger partial charge in [-0.3, -0.25) is 19.3 Å². The summed E-state index contributed by atoms with van der Waals surface area (Å²) in [5.74, 6) is -0.404. The van der Waals surface area contributed by atoms with E-state index in [4.69, 9.17) is 0 Å². The summed E-state index contributed by atoms with van der Waals surface area (Å²) < 4.78 is 0. The Bertz CT molecular complexity index is 675. The van der Waals surface area contributed by atoms with Crippen molar-refractivity contribution in [1.82, 2.24) is 25.3 Å². The number of nitrogens with one attached hydrogen (secondary N) is 2. The Morgan fingerprint density at radius 3 is 2.61 bits per heavy atom. The van der Waals surface area contributed by atoms with Crippen LogP contribution >= 0.6 is 0 Å². The van der Waals surface area contributed by atoms with Gasteiger partial charge >= 0.3 is 6.03 Å². The summed E-state index contributed by atoms with van der Waals surface area (Å²) in [6.07, 6.45) is 5.90. The molecule has 1 aliphatic carbocycles. The fourth-order valence-corrected chi connectivity index (χ4v) is 4.99. The molecule has 1 unspecified atom stereocenters. The van der Waals surface area contributed by atoms with E-state index >= 15 is 0 Å². The van der Waals surface area contributed by atoms with Gasteiger partial charge in [0, 0.05) is 32.2 Å². The van der Waals surface area contributed by atoms with E-state index < -0.39 is 11.6 Å². The SMILES string of the molecule is O=C(CN1C(=O)NC2(CCCCC2)C1=O)N1CCCC(N2CCNCC2=O)C1. The summed E-state index contributed by atoms with van der Waals surface area (Å²) in [4.78, 5) is 55.0. The van der Waals surface area contributed by atoms with Crippen LogP contribution in [0.25, 0.3) is 0 Å². The standard InChI is InChI=1S/C19H29N5O4/c25-15-11-20-8-10-23(15)14-5-4-9-22(12-14)16(26)13-24-17(27)19(21-18(24)28)6-2-1-3-7-19/h14,20H,1-13H2,(H,21,28). The van der Waals surface area contributed by atoms with Gasteiger partial charge in [-0.05, 0) is 25.7 Å². The number of carbonyl (C=O) groups is 4. The van der Waals surface area contributed by atoms with Crippen LogP contribution in [0.4, 0.5) is 4.79 Å². The van der Waals surface area contributed by atoms with Crippen molar-refractivity contribution in [3.8, 4) is 0 Å². The van der Waals surface area contributed by atoms with Gasteiger partial charge in [-0.1, -0.05) is 19.3 Å². The van der Waals surface area contributed by atoms with Crippen LogP contribution < -0.4 is 10.6 Å². The van der Waals surface area contributed by atoms with Crippen molar-refractivity contribution >= 4 is 23.8 Å². The van der Waals surface area contributed by atoms with Gasteiger partial charge in [-0.15, -0.1) is 0 Å². The minimum absolute atomic E-state index is 0.0140. The zero-order valence-corrected chi connectivity index (χ0v) is 16.2. The first-order chi connectivity index (χ1) is 13.5. The Balaban J connectivity index is 1.38. The van der Waals surface area contributed by atoms with Gasteiger partial charge < -0.3 is 20.4 Å². The summed E-state index contributed by atoms with van der Waals surface area (Å²) in [6, 6.07) is -0.439. The number of hydrogen-bond donors (Lipinski definition) is 2. The summed E-state index contributed by atoms with van der Waals surface area (Å²) in [6.45, 7) is 2.62. The Morgan fingerprint density at radius 1 is 1.07 bits per heavy atom. The minimum atomic E-state index is -0.798. The number of imide groups is 1. The summed E-state index contributed by atoms with van der Waals surface area (Å²) in [5, 5.41) is 5.91. The number of piperidine rings is 1. The minimum Gasteiger partial charge on any atom is -0.339 e. The van der Waals surface area contributed by atoms with Crippen LogP contribution in [0.5, 0.6) is 0 Å². The Morgan fingerprint density at radius 2 is 1.86 bits per heavy atom. The maximum atomic E-state index is 12.9. The topological polar surface area (TPSA) is 102 Å². The van der Waals surface area contributed by atoms with Crippen LogP contribution in [0.1, 0.15) is 44.9 Å². The fourth-order valence-electron chi connectivity index (χ4n) is 4.99. The second-order valence-corrected chi connectivity index (χ2v) is 8.36. The number of rotatable bonds is 3. The van der Waals surface area contributed by atoms with E-state index in [0.29, 0.717) is 39.0 Å². The van der Waals surface area contributed by atoms with Crippen molar-refractivity contribution in [1.29, 1.82) is 0 Å². The Kier molecular flexibility index (Phi) is 5.27. The molecule has 1 atom stereocenters. The predicted octanol–water partition coefficient (Wildman–Crippen LogP) is -0.336. The molecule has 0 aromatic rings. The van der Waals surface area contributed by atoms with Crippen molar-refractivity contribution in [2.45, 2.75) is 56.5 Å². The fraction of sp³-hybridized carbons (Fsp3) is 0.789. The van der Waals surface area contributed by atoms with Gasteiger partial charge in [0.15, 0.2) is 0 Å². The van der Waals surface area contributed by atoms with Gasteiger partial charge in [0.05, 0.1) is 6.54 Å². The normalized spacial score (nSPS) is 28.1.